The van der Waals surface area contributed by atoms with Crippen LogP contribution in [0, 0.1) is 13.8 Å². The van der Waals surface area contributed by atoms with Gasteiger partial charge in [0.25, 0.3) is 26.1 Å². The summed E-state index contributed by atoms with van der Waals surface area (Å²) in [5.41, 5.74) is 10.4. The zero-order valence-corrected chi connectivity index (χ0v) is 33.5. The summed E-state index contributed by atoms with van der Waals surface area (Å²) in [5.74, 6) is -0.944. The van der Waals surface area contributed by atoms with Gasteiger partial charge in [0.15, 0.2) is 5.75 Å². The smallest absolute Gasteiger partial charge is 0.505 e. The molecule has 19 heteroatoms. The van der Waals surface area contributed by atoms with Crippen molar-refractivity contribution in [3.05, 3.63) is 126 Å². The van der Waals surface area contributed by atoms with Gasteiger partial charge in [-0.2, -0.15) is 42.4 Å². The Morgan fingerprint density at radius 2 is 1.18 bits per heavy atom. The van der Waals surface area contributed by atoms with Gasteiger partial charge in [-0.15, -0.1) is 5.11 Å². The second-order valence-corrected chi connectivity index (χ2v) is 14.9. The van der Waals surface area contributed by atoms with Gasteiger partial charge in [-0.3, -0.25) is 13.9 Å². The third-order valence-electron chi connectivity index (χ3n) is 8.06. The van der Waals surface area contributed by atoms with Gasteiger partial charge < -0.3 is 16.2 Å². The van der Waals surface area contributed by atoms with E-state index in [0.717, 1.165) is 23.8 Å². The van der Waals surface area contributed by atoms with Crippen molar-refractivity contribution in [3.8, 4) is 5.75 Å². The molecule has 278 valence electrons. The monoisotopic (exact) mass is 801 g/mol. The molecule has 0 radical (unpaired) electrons. The average molecular weight is 802 g/mol. The summed E-state index contributed by atoms with van der Waals surface area (Å²) in [6.45, 7) is 3.67. The summed E-state index contributed by atoms with van der Waals surface area (Å²) in [6.07, 6.45) is 0. The average Bonchev–Trinajstić information content (AvgIpc) is 3.13. The summed E-state index contributed by atoms with van der Waals surface area (Å²) in [7, 11) is -9.37. The maximum atomic E-state index is 12.9. The van der Waals surface area contributed by atoms with Crippen molar-refractivity contribution < 1.29 is 65.4 Å². The molecule has 0 unspecified atom stereocenters. The van der Waals surface area contributed by atoms with E-state index in [-0.39, 0.29) is 57.6 Å². The Morgan fingerprint density at radius 3 is 1.77 bits per heavy atom. The quantitative estimate of drug-likeness (QED) is 0.0425. The second-order valence-electron chi connectivity index (χ2n) is 12.1. The van der Waals surface area contributed by atoms with E-state index in [1.807, 2.05) is 13.0 Å². The topological polar surface area (TPSA) is 258 Å². The number of carbonyl (C=O) groups excluding carboxylic acids is 1. The van der Waals surface area contributed by atoms with E-state index in [1.165, 1.54) is 30.3 Å². The first-order valence-electron chi connectivity index (χ1n) is 16.0. The summed E-state index contributed by atoms with van der Waals surface area (Å²) >= 11 is 0. The number of aromatic hydroxyl groups is 1. The van der Waals surface area contributed by atoms with Crippen LogP contribution in [-0.2, 0) is 20.2 Å². The first-order chi connectivity index (χ1) is 26.0. The molecule has 0 heterocycles. The van der Waals surface area contributed by atoms with Crippen molar-refractivity contribution >= 4 is 82.4 Å². The zero-order valence-electron chi connectivity index (χ0n) is 29.9. The van der Waals surface area contributed by atoms with Crippen molar-refractivity contribution in [1.82, 2.24) is 0 Å². The number of nitrogens with one attached hydrogen (secondary N) is 1. The number of amides is 1. The number of phenols is 1. The van der Waals surface area contributed by atoms with E-state index >= 15 is 0 Å². The van der Waals surface area contributed by atoms with E-state index in [0.29, 0.717) is 39.6 Å². The molecule has 56 heavy (non-hydrogen) atoms. The fourth-order valence-electron chi connectivity index (χ4n) is 5.23. The first-order valence-corrected chi connectivity index (χ1v) is 18.9. The molecule has 6 aromatic rings. The van der Waals surface area contributed by atoms with Crippen LogP contribution in [0.4, 0.5) is 45.5 Å². The summed E-state index contributed by atoms with van der Waals surface area (Å²) in [4.78, 5) is 11.8. The Kier molecular flexibility index (Phi) is 12.5. The number of fused-ring (bicyclic) bond motifs is 1. The Morgan fingerprint density at radius 1 is 0.625 bits per heavy atom. The van der Waals surface area contributed by atoms with E-state index in [1.54, 1.807) is 61.5 Å². The number of nitrogen functional groups attached to an aromatic ring is 1. The molecular formula is C37H30N8NaO8S2+. The number of nitrogens with two attached hydrogens (primary N) is 1. The number of nitrogens with zero attached hydrogens (tertiary/aromatic N) is 6. The molecule has 0 spiro atoms. The van der Waals surface area contributed by atoms with E-state index in [4.69, 9.17) is 10.3 Å². The number of carbonyl (C=O) groups is 1. The van der Waals surface area contributed by atoms with Crippen LogP contribution in [0.2, 0.25) is 0 Å². The van der Waals surface area contributed by atoms with Crippen LogP contribution in [-0.4, -0.2) is 37.0 Å². The predicted octanol–water partition coefficient (Wildman–Crippen LogP) is 6.74. The second kappa shape index (κ2) is 17.0. The third kappa shape index (κ3) is 9.92. The molecule has 0 aliphatic rings. The number of hydrogen-bond acceptors (Lipinski definition) is 13. The van der Waals surface area contributed by atoms with Gasteiger partial charge in [-0.1, -0.05) is 0 Å². The minimum absolute atomic E-state index is 0. The molecule has 0 aliphatic carbocycles. The number of phenolic OH excluding ortho intramolecular Hbond substituents is 1. The predicted molar refractivity (Wildman–Crippen MR) is 205 cm³/mol. The van der Waals surface area contributed by atoms with Crippen LogP contribution < -0.4 is 40.6 Å². The molecule has 0 atom stereocenters. The van der Waals surface area contributed by atoms with Gasteiger partial charge >= 0.3 is 29.6 Å². The van der Waals surface area contributed by atoms with Crippen molar-refractivity contribution in [1.29, 1.82) is 0 Å². The number of anilines is 2. The maximum Gasteiger partial charge on any atom is 1.00 e. The molecular weight excluding hydrogens is 772 g/mol. The van der Waals surface area contributed by atoms with Gasteiger partial charge in [0, 0.05) is 22.3 Å². The fourth-order valence-corrected chi connectivity index (χ4v) is 6.37. The third-order valence-corrected chi connectivity index (χ3v) is 9.80. The standard InChI is InChI=1S/C37H30N8O8S2.Na/c1-21-17-25(38)5-15-32(21)43-40-26-6-3-23(4-7-26)37(47)39-28-11-16-33(22(2)18-28)44-42-29-10-14-31-24(19-29)20-34(55(51,52)53)35(36(31)46)45-41-27-8-12-30(13-9-27)54(48,49)50;/h3-20,46H,38H2,1-2H3,(H,39,47)(H,48,49,50)(H,51,52,53);/q;+1. The molecule has 6 rings (SSSR count). The van der Waals surface area contributed by atoms with Crippen molar-refractivity contribution in [2.45, 2.75) is 23.6 Å². The summed E-state index contributed by atoms with van der Waals surface area (Å²) < 4.78 is 66.2. The van der Waals surface area contributed by atoms with Crippen LogP contribution >= 0.6 is 0 Å². The fraction of sp³-hybridized carbons (Fsp3) is 0.0541. The molecule has 1 amide bonds. The summed E-state index contributed by atoms with van der Waals surface area (Å²) in [5, 5.41) is 38.8. The largest absolute Gasteiger partial charge is 1.00 e. The molecule has 6 aromatic carbocycles. The zero-order chi connectivity index (χ0) is 39.5. The number of benzene rings is 6. The van der Waals surface area contributed by atoms with Gasteiger partial charge in [0.1, 0.15) is 10.6 Å². The van der Waals surface area contributed by atoms with Crippen molar-refractivity contribution in [2.24, 2.45) is 30.7 Å². The van der Waals surface area contributed by atoms with Crippen LogP contribution in [0.3, 0.4) is 0 Å². The van der Waals surface area contributed by atoms with Crippen LogP contribution in [0.15, 0.2) is 150 Å². The van der Waals surface area contributed by atoms with Crippen LogP contribution in [0.5, 0.6) is 5.75 Å². The molecule has 0 saturated heterocycles. The molecule has 0 aliphatic heterocycles. The van der Waals surface area contributed by atoms with Gasteiger partial charge in [-0.05, 0) is 140 Å². The normalized spacial score (nSPS) is 12.1. The van der Waals surface area contributed by atoms with E-state index < -0.39 is 41.5 Å². The van der Waals surface area contributed by atoms with Gasteiger partial charge in [0.2, 0.25) is 0 Å². The first kappa shape index (κ1) is 41.4. The molecule has 0 fully saturated rings. The minimum Gasteiger partial charge on any atom is -0.505 e. The van der Waals surface area contributed by atoms with Crippen molar-refractivity contribution in [3.63, 3.8) is 0 Å². The summed E-state index contributed by atoms with van der Waals surface area (Å²) in [6, 6.07) is 27.0. The Labute approximate surface area is 342 Å². The van der Waals surface area contributed by atoms with Crippen LogP contribution in [0.1, 0.15) is 21.5 Å². The van der Waals surface area contributed by atoms with Gasteiger partial charge in [-0.25, -0.2) is 0 Å². The molecule has 16 nitrogen and oxygen atoms in total. The van der Waals surface area contributed by atoms with Crippen molar-refractivity contribution in [2.75, 3.05) is 11.1 Å². The number of azo groups is 3. The Hall–Kier alpha value is -5.73. The van der Waals surface area contributed by atoms with E-state index in [9.17, 15) is 31.3 Å². The SMILES string of the molecule is Cc1cc(N)ccc1N=Nc1ccc(C(=O)Nc2ccc(N=Nc3ccc4c(O)c(N=Nc5ccc(S(=O)(=O)O)cc5)c(S(=O)(=O)O)cc4c3)c(C)c2)cc1.[Na+]. The minimum atomic E-state index is -4.92. The maximum absolute atomic E-state index is 12.9. The number of hydrogen-bond donors (Lipinski definition) is 5. The molecule has 0 aromatic heterocycles. The molecule has 0 bridgehead atoms. The van der Waals surface area contributed by atoms with Gasteiger partial charge in [0.05, 0.1) is 33.3 Å². The molecule has 0 saturated carbocycles. The Balaban J connectivity index is 0.00000600. The number of aryl methyl sites for hydroxylation is 2. The Bertz CT molecular complexity index is 2800. The van der Waals surface area contributed by atoms with E-state index in [2.05, 4.69) is 36.0 Å². The molecule has 6 N–H and O–H groups in total. The van der Waals surface area contributed by atoms with Crippen LogP contribution in [0.25, 0.3) is 10.8 Å². The number of rotatable bonds is 10.